The first-order valence-electron chi connectivity index (χ1n) is 9.24. The van der Waals surface area contributed by atoms with E-state index in [1.807, 2.05) is 6.92 Å². The Balaban J connectivity index is 1.54. The summed E-state index contributed by atoms with van der Waals surface area (Å²) in [6.45, 7) is 3.54. The van der Waals surface area contributed by atoms with E-state index in [0.717, 1.165) is 30.0 Å². The Bertz CT molecular complexity index is 1120. The van der Waals surface area contributed by atoms with Gasteiger partial charge in [-0.25, -0.2) is 22.7 Å². The van der Waals surface area contributed by atoms with Crippen molar-refractivity contribution in [2.75, 3.05) is 30.9 Å². The summed E-state index contributed by atoms with van der Waals surface area (Å²) >= 11 is 0. The van der Waals surface area contributed by atoms with Gasteiger partial charge in [0.2, 0.25) is 16.0 Å². The average Bonchev–Trinajstić information content (AvgIpc) is 3.17. The molecule has 1 aliphatic heterocycles. The number of rotatable bonds is 5. The van der Waals surface area contributed by atoms with Crippen molar-refractivity contribution in [2.45, 2.75) is 24.8 Å². The van der Waals surface area contributed by atoms with Gasteiger partial charge in [-0.15, -0.1) is 0 Å². The van der Waals surface area contributed by atoms with Gasteiger partial charge < -0.3 is 15.2 Å². The Labute approximate surface area is 169 Å². The number of sulfonamides is 1. The highest BCUT2D eigenvalue weighted by atomic mass is 32.2. The van der Waals surface area contributed by atoms with Crippen molar-refractivity contribution in [1.29, 1.82) is 0 Å². The topological polar surface area (TPSA) is 107 Å². The zero-order chi connectivity index (χ0) is 20.6. The van der Waals surface area contributed by atoms with Gasteiger partial charge in [0.1, 0.15) is 5.82 Å². The summed E-state index contributed by atoms with van der Waals surface area (Å²) in [4.78, 5) is 19.0. The highest BCUT2D eigenvalue weighted by molar-refractivity contribution is 7.89. The maximum Gasteiger partial charge on any atom is 0.242 e. The van der Waals surface area contributed by atoms with Crippen molar-refractivity contribution in [3.05, 3.63) is 53.7 Å². The lowest BCUT2D eigenvalue weighted by atomic mass is 10.1. The minimum absolute atomic E-state index is 0.238. The molecule has 152 valence electrons. The van der Waals surface area contributed by atoms with Gasteiger partial charge in [-0.3, -0.25) is 0 Å². The van der Waals surface area contributed by atoms with Crippen LogP contribution in [-0.2, 0) is 23.0 Å². The molecule has 10 heteroatoms. The Morgan fingerprint density at radius 3 is 2.66 bits per heavy atom. The molecular weight excluding hydrogens is 390 g/mol. The minimum atomic E-state index is -3.45. The SMILES string of the molecule is Cc1cnc(Nc2ccc(S(=O)(=O)N(C)C)cc2)nc1N1CCc2[nH]cnc2C1. The molecule has 1 aromatic carbocycles. The molecule has 9 nitrogen and oxygen atoms in total. The summed E-state index contributed by atoms with van der Waals surface area (Å²) in [5.41, 5.74) is 3.92. The molecule has 0 bridgehead atoms. The van der Waals surface area contributed by atoms with E-state index in [4.69, 9.17) is 0 Å². The van der Waals surface area contributed by atoms with E-state index in [9.17, 15) is 8.42 Å². The zero-order valence-electron chi connectivity index (χ0n) is 16.5. The molecule has 0 amide bonds. The van der Waals surface area contributed by atoms with Crippen LogP contribution in [0.25, 0.3) is 0 Å². The highest BCUT2D eigenvalue weighted by Crippen LogP contribution is 2.25. The minimum Gasteiger partial charge on any atom is -0.350 e. The molecule has 0 fully saturated rings. The molecule has 0 saturated carbocycles. The maximum absolute atomic E-state index is 12.2. The van der Waals surface area contributed by atoms with Crippen molar-refractivity contribution in [3.63, 3.8) is 0 Å². The van der Waals surface area contributed by atoms with Gasteiger partial charge in [-0.2, -0.15) is 4.98 Å². The Hall–Kier alpha value is -2.98. The number of aryl methyl sites for hydroxylation is 1. The van der Waals surface area contributed by atoms with Crippen molar-refractivity contribution >= 4 is 27.5 Å². The van der Waals surface area contributed by atoms with Gasteiger partial charge in [-0.05, 0) is 31.2 Å². The van der Waals surface area contributed by atoms with E-state index in [-0.39, 0.29) is 4.90 Å². The molecule has 0 aliphatic carbocycles. The monoisotopic (exact) mass is 413 g/mol. The number of nitrogens with one attached hydrogen (secondary N) is 2. The van der Waals surface area contributed by atoms with Gasteiger partial charge in [0, 0.05) is 50.2 Å². The van der Waals surface area contributed by atoms with E-state index >= 15 is 0 Å². The van der Waals surface area contributed by atoms with Crippen LogP contribution in [0.15, 0.2) is 41.7 Å². The van der Waals surface area contributed by atoms with E-state index in [0.29, 0.717) is 18.2 Å². The van der Waals surface area contributed by atoms with Gasteiger partial charge >= 0.3 is 0 Å². The van der Waals surface area contributed by atoms with Crippen molar-refractivity contribution in [2.24, 2.45) is 0 Å². The first kappa shape index (κ1) is 19.3. The number of nitrogens with zero attached hydrogens (tertiary/aromatic N) is 5. The van der Waals surface area contributed by atoms with Crippen LogP contribution in [0.4, 0.5) is 17.5 Å². The fourth-order valence-electron chi connectivity index (χ4n) is 3.25. The highest BCUT2D eigenvalue weighted by Gasteiger charge is 2.21. The molecule has 0 atom stereocenters. The Morgan fingerprint density at radius 2 is 1.93 bits per heavy atom. The average molecular weight is 414 g/mol. The predicted molar refractivity (Wildman–Crippen MR) is 111 cm³/mol. The summed E-state index contributed by atoms with van der Waals surface area (Å²) < 4.78 is 25.6. The summed E-state index contributed by atoms with van der Waals surface area (Å²) in [5.74, 6) is 1.32. The van der Waals surface area contributed by atoms with Crippen LogP contribution in [0.3, 0.4) is 0 Å². The molecule has 0 saturated heterocycles. The number of hydrogen-bond acceptors (Lipinski definition) is 7. The van der Waals surface area contributed by atoms with E-state index in [2.05, 4.69) is 30.2 Å². The maximum atomic E-state index is 12.2. The number of hydrogen-bond donors (Lipinski definition) is 2. The van der Waals surface area contributed by atoms with Crippen LogP contribution in [0, 0.1) is 6.92 Å². The normalized spacial score (nSPS) is 14.1. The standard InChI is InChI=1S/C19H23N7O2S/c1-13-10-20-19(23-14-4-6-15(7-5-14)29(27,28)25(2)3)24-18(13)26-9-8-16-17(11-26)22-12-21-16/h4-7,10,12H,8-9,11H2,1-3H3,(H,21,22)(H,20,23,24). The molecule has 4 rings (SSSR count). The lowest BCUT2D eigenvalue weighted by molar-refractivity contribution is 0.521. The fourth-order valence-corrected chi connectivity index (χ4v) is 4.15. The van der Waals surface area contributed by atoms with Crippen LogP contribution in [0.2, 0.25) is 0 Å². The molecule has 2 aromatic heterocycles. The molecular formula is C19H23N7O2S. The fraction of sp³-hybridized carbons (Fsp3) is 0.316. The molecule has 3 aromatic rings. The molecule has 0 unspecified atom stereocenters. The summed E-state index contributed by atoms with van der Waals surface area (Å²) in [6.07, 6.45) is 4.41. The lowest BCUT2D eigenvalue weighted by Crippen LogP contribution is -2.32. The second-order valence-electron chi connectivity index (χ2n) is 7.14. The Kier molecular flexibility index (Phi) is 4.97. The van der Waals surface area contributed by atoms with Crippen LogP contribution in [-0.4, -0.2) is 53.3 Å². The van der Waals surface area contributed by atoms with Gasteiger partial charge in [0.05, 0.1) is 23.5 Å². The van der Waals surface area contributed by atoms with Crippen molar-refractivity contribution < 1.29 is 8.42 Å². The largest absolute Gasteiger partial charge is 0.350 e. The van der Waals surface area contributed by atoms with Crippen molar-refractivity contribution in [1.82, 2.24) is 24.2 Å². The zero-order valence-corrected chi connectivity index (χ0v) is 17.4. The number of H-pyrrole nitrogens is 1. The summed E-state index contributed by atoms with van der Waals surface area (Å²) in [6, 6.07) is 6.54. The van der Waals surface area contributed by atoms with Crippen LogP contribution >= 0.6 is 0 Å². The second kappa shape index (κ2) is 7.45. The second-order valence-corrected chi connectivity index (χ2v) is 9.29. The molecule has 2 N–H and O–H groups in total. The number of benzene rings is 1. The smallest absolute Gasteiger partial charge is 0.242 e. The van der Waals surface area contributed by atoms with Crippen LogP contribution in [0.1, 0.15) is 17.0 Å². The van der Waals surface area contributed by atoms with Gasteiger partial charge in [-0.1, -0.05) is 0 Å². The Morgan fingerprint density at radius 1 is 1.17 bits per heavy atom. The van der Waals surface area contributed by atoms with E-state index in [1.54, 1.807) is 36.8 Å². The van der Waals surface area contributed by atoms with E-state index < -0.39 is 10.0 Å². The number of anilines is 3. The number of fused-ring (bicyclic) bond motifs is 1. The predicted octanol–water partition coefficient (Wildman–Crippen LogP) is 2.06. The van der Waals surface area contributed by atoms with E-state index in [1.165, 1.54) is 24.1 Å². The third-order valence-electron chi connectivity index (χ3n) is 4.91. The van der Waals surface area contributed by atoms with Gasteiger partial charge in [0.25, 0.3) is 0 Å². The molecule has 0 spiro atoms. The molecule has 0 radical (unpaired) electrons. The molecule has 1 aliphatic rings. The summed E-state index contributed by atoms with van der Waals surface area (Å²) in [7, 11) is -0.435. The van der Waals surface area contributed by atoms with Crippen molar-refractivity contribution in [3.8, 4) is 0 Å². The lowest BCUT2D eigenvalue weighted by Gasteiger charge is -2.28. The first-order valence-corrected chi connectivity index (χ1v) is 10.7. The summed E-state index contributed by atoms with van der Waals surface area (Å²) in [5, 5.41) is 3.15. The molecule has 3 heterocycles. The van der Waals surface area contributed by atoms with Crippen LogP contribution in [0.5, 0.6) is 0 Å². The van der Waals surface area contributed by atoms with Gasteiger partial charge in [0.15, 0.2) is 0 Å². The quantitative estimate of drug-likeness (QED) is 0.659. The van der Waals surface area contributed by atoms with Crippen LogP contribution < -0.4 is 10.2 Å². The number of imidazole rings is 1. The third-order valence-corrected chi connectivity index (χ3v) is 6.74. The third kappa shape index (κ3) is 3.81. The number of aromatic amines is 1. The molecule has 29 heavy (non-hydrogen) atoms. The number of aromatic nitrogens is 4. The first-order chi connectivity index (χ1) is 13.8.